The van der Waals surface area contributed by atoms with Crippen LogP contribution in [0.3, 0.4) is 0 Å². The molecule has 0 atom stereocenters. The molecule has 3 heterocycles. The Hall–Kier alpha value is -6.30. The van der Waals surface area contributed by atoms with Crippen LogP contribution in [0, 0.1) is 17.9 Å². The number of benzene rings is 6. The average molecular weight is 549 g/mol. The van der Waals surface area contributed by atoms with Gasteiger partial charge in [0.2, 0.25) is 0 Å². The molecule has 0 radical (unpaired) electrons. The first-order valence-electron chi connectivity index (χ1n) is 14.0. The van der Waals surface area contributed by atoms with Gasteiger partial charge in [0.1, 0.15) is 11.2 Å². The minimum Gasteiger partial charge on any atom is -0.456 e. The van der Waals surface area contributed by atoms with Gasteiger partial charge in [-0.3, -0.25) is 0 Å². The van der Waals surface area contributed by atoms with E-state index in [1.54, 1.807) is 0 Å². The van der Waals surface area contributed by atoms with Crippen LogP contribution in [-0.4, -0.2) is 9.13 Å². The zero-order valence-electron chi connectivity index (χ0n) is 22.7. The number of furan rings is 1. The summed E-state index contributed by atoms with van der Waals surface area (Å²) in [5.74, 6) is 0. The molecule has 43 heavy (non-hydrogen) atoms. The van der Waals surface area contributed by atoms with Gasteiger partial charge in [-0.25, -0.2) is 4.85 Å². The highest BCUT2D eigenvalue weighted by molar-refractivity contribution is 6.17. The fraction of sp³-hybridized carbons (Fsp3) is 0. The molecule has 5 heteroatoms. The molecule has 5 nitrogen and oxygen atoms in total. The Morgan fingerprint density at radius 1 is 0.535 bits per heavy atom. The molecule has 0 aliphatic carbocycles. The Morgan fingerprint density at radius 2 is 1.14 bits per heavy atom. The molecule has 6 aromatic carbocycles. The number of nitrogens with zero attached hydrogens (tertiary/aromatic N) is 4. The Kier molecular flexibility index (Phi) is 4.68. The molecule has 0 fully saturated rings. The lowest BCUT2D eigenvalue weighted by molar-refractivity contribution is 0.669. The number of aromatic nitrogens is 2. The van der Waals surface area contributed by atoms with Crippen LogP contribution >= 0.6 is 0 Å². The van der Waals surface area contributed by atoms with Crippen LogP contribution < -0.4 is 0 Å². The average Bonchev–Trinajstić information content (AvgIpc) is 3.70. The maximum atomic E-state index is 9.58. The molecule has 0 saturated heterocycles. The lowest BCUT2D eigenvalue weighted by Gasteiger charge is -2.14. The van der Waals surface area contributed by atoms with Crippen molar-refractivity contribution >= 4 is 71.2 Å². The van der Waals surface area contributed by atoms with Crippen molar-refractivity contribution in [1.82, 2.24) is 9.13 Å². The van der Waals surface area contributed by atoms with E-state index in [1.165, 1.54) is 0 Å². The van der Waals surface area contributed by atoms with Gasteiger partial charge in [0.25, 0.3) is 0 Å². The first-order valence-corrected chi connectivity index (χ1v) is 14.0. The number of hydrogen-bond donors (Lipinski definition) is 0. The molecular formula is C38H20N4O. The fourth-order valence-corrected chi connectivity index (χ4v) is 6.69. The smallest absolute Gasteiger partial charge is 0.191 e. The highest BCUT2D eigenvalue weighted by atomic mass is 16.3. The summed E-state index contributed by atoms with van der Waals surface area (Å²) < 4.78 is 10.7. The number of fused-ring (bicyclic) bond motifs is 9. The Bertz CT molecular complexity index is 2710. The van der Waals surface area contributed by atoms with Gasteiger partial charge in [-0.2, -0.15) is 5.26 Å². The van der Waals surface area contributed by atoms with Crippen LogP contribution in [0.15, 0.2) is 126 Å². The van der Waals surface area contributed by atoms with E-state index >= 15 is 0 Å². The van der Waals surface area contributed by atoms with E-state index in [9.17, 15) is 5.26 Å². The van der Waals surface area contributed by atoms with Crippen LogP contribution in [0.1, 0.15) is 5.56 Å². The molecule has 0 aliphatic rings. The molecule has 3 aromatic heterocycles. The number of para-hydroxylation sites is 3. The molecule has 0 spiro atoms. The van der Waals surface area contributed by atoms with Crippen LogP contribution in [0.25, 0.3) is 81.8 Å². The zero-order valence-corrected chi connectivity index (χ0v) is 22.7. The highest BCUT2D eigenvalue weighted by Gasteiger charge is 2.19. The summed E-state index contributed by atoms with van der Waals surface area (Å²) >= 11 is 0. The van der Waals surface area contributed by atoms with Gasteiger partial charge in [-0.05, 0) is 60.7 Å². The van der Waals surface area contributed by atoms with E-state index in [1.807, 2.05) is 60.7 Å². The van der Waals surface area contributed by atoms with Gasteiger partial charge in [-0.1, -0.05) is 54.6 Å². The third-order valence-electron chi connectivity index (χ3n) is 8.51. The topological polar surface area (TPSA) is 51.1 Å². The van der Waals surface area contributed by atoms with Crippen molar-refractivity contribution in [1.29, 1.82) is 5.26 Å². The van der Waals surface area contributed by atoms with Gasteiger partial charge in [0.15, 0.2) is 5.69 Å². The quantitative estimate of drug-likeness (QED) is 0.202. The predicted molar refractivity (Wildman–Crippen MR) is 173 cm³/mol. The summed E-state index contributed by atoms with van der Waals surface area (Å²) in [5, 5.41) is 16.1. The Balaban J connectivity index is 1.38. The highest BCUT2D eigenvalue weighted by Crippen LogP contribution is 2.40. The van der Waals surface area contributed by atoms with Crippen LogP contribution in [0.5, 0.6) is 0 Å². The second kappa shape index (κ2) is 8.60. The summed E-state index contributed by atoms with van der Waals surface area (Å²) in [5.41, 5.74) is 8.71. The predicted octanol–water partition coefficient (Wildman–Crippen LogP) is 10.2. The van der Waals surface area contributed by atoms with Gasteiger partial charge >= 0.3 is 0 Å². The van der Waals surface area contributed by atoms with Gasteiger partial charge in [-0.15, -0.1) is 0 Å². The van der Waals surface area contributed by atoms with Crippen molar-refractivity contribution < 1.29 is 4.42 Å². The summed E-state index contributed by atoms with van der Waals surface area (Å²) in [7, 11) is 0. The second-order valence-electron chi connectivity index (χ2n) is 10.8. The summed E-state index contributed by atoms with van der Waals surface area (Å²) in [6.07, 6.45) is 0. The second-order valence-corrected chi connectivity index (χ2v) is 10.8. The van der Waals surface area contributed by atoms with Crippen molar-refractivity contribution in [3.05, 3.63) is 138 Å². The first kappa shape index (κ1) is 23.4. The SMILES string of the molecule is [C-]#[N+]c1cc(-n2c3ccccc3c3cc(C#N)ccc32)cc(-n2c3ccccc3c3cc4c(cc32)oc2ccccc24)c1. The molecule has 9 aromatic rings. The molecule has 0 saturated carbocycles. The van der Waals surface area contributed by atoms with E-state index < -0.39 is 0 Å². The van der Waals surface area contributed by atoms with Gasteiger partial charge < -0.3 is 13.6 Å². The Morgan fingerprint density at radius 3 is 1.84 bits per heavy atom. The fourth-order valence-electron chi connectivity index (χ4n) is 6.69. The van der Waals surface area contributed by atoms with Crippen molar-refractivity contribution in [3.63, 3.8) is 0 Å². The van der Waals surface area contributed by atoms with Crippen LogP contribution in [0.4, 0.5) is 5.69 Å². The number of hydrogen-bond acceptors (Lipinski definition) is 2. The lowest BCUT2D eigenvalue weighted by Crippen LogP contribution is -1.99. The number of rotatable bonds is 2. The summed E-state index contributed by atoms with van der Waals surface area (Å²) in [6, 6.07) is 43.2. The summed E-state index contributed by atoms with van der Waals surface area (Å²) in [6.45, 7) is 8.02. The minimum atomic E-state index is 0.544. The number of nitriles is 1. The normalized spacial score (nSPS) is 11.7. The molecule has 0 aliphatic heterocycles. The van der Waals surface area contributed by atoms with E-state index in [0.29, 0.717) is 11.3 Å². The minimum absolute atomic E-state index is 0.544. The van der Waals surface area contributed by atoms with Crippen molar-refractivity contribution in [3.8, 4) is 17.4 Å². The molecule has 0 unspecified atom stereocenters. The first-order chi connectivity index (χ1) is 21.2. The van der Waals surface area contributed by atoms with E-state index in [0.717, 1.165) is 76.9 Å². The zero-order chi connectivity index (χ0) is 28.7. The van der Waals surface area contributed by atoms with Gasteiger partial charge in [0.05, 0.1) is 40.3 Å². The molecule has 198 valence electrons. The molecule has 0 amide bonds. The standard InChI is InChI=1S/C38H20N4O/c1-40-24-17-25(41-33-11-5-2-8-27(33)30-16-23(22-39)14-15-35(30)41)19-26(18-24)42-34-12-6-3-9-28(34)31-20-32-29-10-4-7-13-37(29)43-38(32)21-36(31)42/h2-21H. The van der Waals surface area contributed by atoms with Gasteiger partial charge in [0, 0.05) is 49.8 Å². The van der Waals surface area contributed by atoms with E-state index in [4.69, 9.17) is 11.0 Å². The maximum absolute atomic E-state index is 9.58. The largest absolute Gasteiger partial charge is 0.456 e. The summed E-state index contributed by atoms with van der Waals surface area (Å²) in [4.78, 5) is 3.90. The van der Waals surface area contributed by atoms with E-state index in [2.05, 4.69) is 80.7 Å². The maximum Gasteiger partial charge on any atom is 0.191 e. The lowest BCUT2D eigenvalue weighted by atomic mass is 10.1. The van der Waals surface area contributed by atoms with Crippen LogP contribution in [0.2, 0.25) is 0 Å². The van der Waals surface area contributed by atoms with E-state index in [-0.39, 0.29) is 0 Å². The van der Waals surface area contributed by atoms with Crippen molar-refractivity contribution in [2.24, 2.45) is 0 Å². The monoisotopic (exact) mass is 548 g/mol. The third-order valence-corrected chi connectivity index (χ3v) is 8.51. The van der Waals surface area contributed by atoms with Crippen molar-refractivity contribution in [2.75, 3.05) is 0 Å². The molecular weight excluding hydrogens is 528 g/mol. The van der Waals surface area contributed by atoms with Crippen molar-refractivity contribution in [2.45, 2.75) is 0 Å². The molecule has 9 rings (SSSR count). The third kappa shape index (κ3) is 3.25. The molecule has 0 N–H and O–H groups in total. The molecule has 0 bridgehead atoms. The van der Waals surface area contributed by atoms with Crippen LogP contribution in [-0.2, 0) is 0 Å². The Labute approximate surface area is 245 Å².